The first kappa shape index (κ1) is 16.3. The number of hydrogen-bond acceptors (Lipinski definition) is 5. The van der Waals surface area contributed by atoms with Crippen LogP contribution in [0.3, 0.4) is 0 Å². The van der Waals surface area contributed by atoms with Gasteiger partial charge in [-0.3, -0.25) is 0 Å². The van der Waals surface area contributed by atoms with Crippen LogP contribution in [-0.4, -0.2) is 55.3 Å². The number of nitrogens with zero attached hydrogens (tertiary/aromatic N) is 3. The molecule has 0 aliphatic heterocycles. The number of methoxy groups -OCH3 is 1. The Morgan fingerprint density at radius 1 is 1.37 bits per heavy atom. The fourth-order valence-electron chi connectivity index (χ4n) is 1.52. The SMILES string of the molecule is COCCN(C)CCNc1cc(Br)nc(C(C)C)n1. The average Bonchev–Trinajstić information content (AvgIpc) is 2.35. The summed E-state index contributed by atoms with van der Waals surface area (Å²) >= 11 is 3.42. The Morgan fingerprint density at radius 2 is 2.11 bits per heavy atom. The van der Waals surface area contributed by atoms with Gasteiger partial charge in [-0.25, -0.2) is 9.97 Å². The van der Waals surface area contributed by atoms with Crippen molar-refractivity contribution in [3.8, 4) is 0 Å². The van der Waals surface area contributed by atoms with Gasteiger partial charge in [0.1, 0.15) is 16.2 Å². The molecule has 6 heteroatoms. The first-order valence-electron chi connectivity index (χ1n) is 6.48. The van der Waals surface area contributed by atoms with Crippen molar-refractivity contribution >= 4 is 21.7 Å². The van der Waals surface area contributed by atoms with E-state index in [2.05, 4.69) is 57.0 Å². The van der Waals surface area contributed by atoms with Crippen molar-refractivity contribution in [2.24, 2.45) is 0 Å². The van der Waals surface area contributed by atoms with Crippen LogP contribution in [-0.2, 0) is 4.74 Å². The lowest BCUT2D eigenvalue weighted by molar-refractivity contribution is 0.163. The van der Waals surface area contributed by atoms with E-state index >= 15 is 0 Å². The number of likely N-dealkylation sites (N-methyl/N-ethyl adjacent to an activating group) is 1. The molecule has 0 saturated carbocycles. The van der Waals surface area contributed by atoms with E-state index in [-0.39, 0.29) is 0 Å². The molecule has 1 heterocycles. The summed E-state index contributed by atoms with van der Waals surface area (Å²) in [4.78, 5) is 11.1. The Balaban J connectivity index is 2.44. The van der Waals surface area contributed by atoms with Crippen LogP contribution in [0.1, 0.15) is 25.6 Å². The van der Waals surface area contributed by atoms with Crippen LogP contribution in [0.5, 0.6) is 0 Å². The van der Waals surface area contributed by atoms with Gasteiger partial charge in [-0.2, -0.15) is 0 Å². The third kappa shape index (κ3) is 6.31. The predicted molar refractivity (Wildman–Crippen MR) is 81.7 cm³/mol. The third-order valence-electron chi connectivity index (χ3n) is 2.71. The molecule has 0 bridgehead atoms. The summed E-state index contributed by atoms with van der Waals surface area (Å²) in [5, 5.41) is 3.32. The molecule has 19 heavy (non-hydrogen) atoms. The second-order valence-corrected chi connectivity index (χ2v) is 5.62. The molecular weight excluding hydrogens is 308 g/mol. The molecule has 1 rings (SSSR count). The fraction of sp³-hybridized carbons (Fsp3) is 0.692. The number of nitrogens with one attached hydrogen (secondary N) is 1. The number of rotatable bonds is 8. The first-order valence-corrected chi connectivity index (χ1v) is 7.28. The van der Waals surface area contributed by atoms with Crippen LogP contribution in [0.4, 0.5) is 5.82 Å². The summed E-state index contributed by atoms with van der Waals surface area (Å²) in [7, 11) is 3.80. The number of ether oxygens (including phenoxy) is 1. The molecule has 0 aromatic carbocycles. The Labute approximate surface area is 123 Å². The standard InChI is InChI=1S/C13H23BrN4O/c1-10(2)13-16-11(14)9-12(17-13)15-5-6-18(3)7-8-19-4/h9-10H,5-8H2,1-4H3,(H,15,16,17). The molecule has 0 aliphatic carbocycles. The van der Waals surface area contributed by atoms with Crippen molar-refractivity contribution in [2.75, 3.05) is 45.7 Å². The minimum atomic E-state index is 0.322. The van der Waals surface area contributed by atoms with Gasteiger partial charge in [0.05, 0.1) is 6.61 Å². The molecule has 108 valence electrons. The van der Waals surface area contributed by atoms with E-state index in [4.69, 9.17) is 4.74 Å². The lowest BCUT2D eigenvalue weighted by Crippen LogP contribution is -2.28. The van der Waals surface area contributed by atoms with Gasteiger partial charge in [-0.15, -0.1) is 0 Å². The van der Waals surface area contributed by atoms with Crippen molar-refractivity contribution < 1.29 is 4.74 Å². The summed E-state index contributed by atoms with van der Waals surface area (Å²) in [6, 6.07) is 1.90. The summed E-state index contributed by atoms with van der Waals surface area (Å²) in [5.74, 6) is 2.04. The molecule has 0 fully saturated rings. The second-order valence-electron chi connectivity index (χ2n) is 4.81. The number of hydrogen-bond donors (Lipinski definition) is 1. The van der Waals surface area contributed by atoms with Crippen LogP contribution in [0.15, 0.2) is 10.7 Å². The monoisotopic (exact) mass is 330 g/mol. The predicted octanol–water partition coefficient (Wildman–Crippen LogP) is 2.35. The highest BCUT2D eigenvalue weighted by atomic mass is 79.9. The highest BCUT2D eigenvalue weighted by Gasteiger charge is 2.06. The Hall–Kier alpha value is -0.720. The highest BCUT2D eigenvalue weighted by molar-refractivity contribution is 9.10. The van der Waals surface area contributed by atoms with Gasteiger partial charge in [-0.05, 0) is 23.0 Å². The Kier molecular flexibility index (Phi) is 7.27. The van der Waals surface area contributed by atoms with Crippen LogP contribution >= 0.6 is 15.9 Å². The zero-order valence-corrected chi connectivity index (χ0v) is 13.7. The van der Waals surface area contributed by atoms with Gasteiger partial charge in [0.2, 0.25) is 0 Å². The van der Waals surface area contributed by atoms with E-state index in [1.165, 1.54) is 0 Å². The maximum absolute atomic E-state index is 5.05. The summed E-state index contributed by atoms with van der Waals surface area (Å²) in [5.41, 5.74) is 0. The molecule has 0 atom stereocenters. The van der Waals surface area contributed by atoms with Gasteiger partial charge in [-0.1, -0.05) is 13.8 Å². The molecule has 1 aromatic heterocycles. The molecule has 0 amide bonds. The second kappa shape index (κ2) is 8.45. The normalized spacial score (nSPS) is 11.3. The zero-order valence-electron chi connectivity index (χ0n) is 12.1. The quantitative estimate of drug-likeness (QED) is 0.741. The van der Waals surface area contributed by atoms with E-state index in [0.717, 1.165) is 42.5 Å². The molecule has 1 N–H and O–H groups in total. The first-order chi connectivity index (χ1) is 9.02. The van der Waals surface area contributed by atoms with Crippen molar-refractivity contribution in [3.63, 3.8) is 0 Å². The van der Waals surface area contributed by atoms with Crippen LogP contribution in [0.25, 0.3) is 0 Å². The van der Waals surface area contributed by atoms with E-state index in [1.54, 1.807) is 7.11 Å². The zero-order chi connectivity index (χ0) is 14.3. The molecule has 0 spiro atoms. The minimum Gasteiger partial charge on any atom is -0.383 e. The van der Waals surface area contributed by atoms with Crippen molar-refractivity contribution in [1.82, 2.24) is 14.9 Å². The lowest BCUT2D eigenvalue weighted by Gasteiger charge is -2.16. The van der Waals surface area contributed by atoms with Crippen molar-refractivity contribution in [3.05, 3.63) is 16.5 Å². The molecule has 0 saturated heterocycles. The summed E-state index contributed by atoms with van der Waals surface area (Å²) < 4.78 is 5.87. The average molecular weight is 331 g/mol. The Morgan fingerprint density at radius 3 is 2.74 bits per heavy atom. The topological polar surface area (TPSA) is 50.3 Å². The number of aromatic nitrogens is 2. The summed E-state index contributed by atoms with van der Waals surface area (Å²) in [6.07, 6.45) is 0. The minimum absolute atomic E-state index is 0.322. The van der Waals surface area contributed by atoms with Crippen molar-refractivity contribution in [2.45, 2.75) is 19.8 Å². The van der Waals surface area contributed by atoms with E-state index in [9.17, 15) is 0 Å². The van der Waals surface area contributed by atoms with Gasteiger partial charge in [0, 0.05) is 38.7 Å². The third-order valence-corrected chi connectivity index (χ3v) is 3.11. The fourth-order valence-corrected chi connectivity index (χ4v) is 1.92. The lowest BCUT2D eigenvalue weighted by atomic mass is 10.2. The van der Waals surface area contributed by atoms with E-state index < -0.39 is 0 Å². The van der Waals surface area contributed by atoms with Gasteiger partial charge in [0.25, 0.3) is 0 Å². The molecule has 0 radical (unpaired) electrons. The van der Waals surface area contributed by atoms with Gasteiger partial charge < -0.3 is 15.0 Å². The maximum Gasteiger partial charge on any atom is 0.134 e. The van der Waals surface area contributed by atoms with Crippen molar-refractivity contribution in [1.29, 1.82) is 0 Å². The van der Waals surface area contributed by atoms with Crippen LogP contribution < -0.4 is 5.32 Å². The van der Waals surface area contributed by atoms with E-state index in [0.29, 0.717) is 5.92 Å². The van der Waals surface area contributed by atoms with Crippen LogP contribution in [0, 0.1) is 0 Å². The maximum atomic E-state index is 5.05. The number of halogens is 1. The molecule has 0 unspecified atom stereocenters. The summed E-state index contributed by atoms with van der Waals surface area (Å²) in [6.45, 7) is 7.66. The van der Waals surface area contributed by atoms with Gasteiger partial charge >= 0.3 is 0 Å². The Bertz CT molecular complexity index is 387. The molecular formula is C13H23BrN4O. The largest absolute Gasteiger partial charge is 0.383 e. The van der Waals surface area contributed by atoms with E-state index in [1.807, 2.05) is 6.07 Å². The van der Waals surface area contributed by atoms with Gasteiger partial charge in [0.15, 0.2) is 0 Å². The molecule has 1 aromatic rings. The van der Waals surface area contributed by atoms with Crippen LogP contribution in [0.2, 0.25) is 0 Å². The number of anilines is 1. The molecule has 5 nitrogen and oxygen atoms in total. The molecule has 0 aliphatic rings. The smallest absolute Gasteiger partial charge is 0.134 e. The highest BCUT2D eigenvalue weighted by Crippen LogP contribution is 2.17.